The minimum absolute atomic E-state index is 0.0379. The Kier molecular flexibility index (Phi) is 5.27. The van der Waals surface area contributed by atoms with Crippen LogP contribution in [0.2, 0.25) is 0 Å². The largest absolute Gasteiger partial charge is 0.393 e. The smallest absolute Gasteiger partial charge is 0.0580 e. The Labute approximate surface area is 131 Å². The van der Waals surface area contributed by atoms with E-state index in [4.69, 9.17) is 0 Å². The van der Waals surface area contributed by atoms with E-state index in [0.29, 0.717) is 5.92 Å². The van der Waals surface area contributed by atoms with Crippen molar-refractivity contribution in [2.75, 3.05) is 19.6 Å². The van der Waals surface area contributed by atoms with Crippen LogP contribution in [0.4, 0.5) is 0 Å². The van der Waals surface area contributed by atoms with Crippen LogP contribution in [0.25, 0.3) is 0 Å². The Hall–Kier alpha value is -0.0800. The van der Waals surface area contributed by atoms with Gasteiger partial charge in [0.05, 0.1) is 6.10 Å². The number of hydrogen-bond donors (Lipinski definition) is 1. The number of rotatable bonds is 3. The first-order valence-electron chi connectivity index (χ1n) is 9.54. The maximum absolute atomic E-state index is 10.4. The lowest BCUT2D eigenvalue weighted by Crippen LogP contribution is -2.46. The molecule has 0 bridgehead atoms. The van der Waals surface area contributed by atoms with Crippen molar-refractivity contribution in [3.63, 3.8) is 0 Å². The average molecular weight is 293 g/mol. The lowest BCUT2D eigenvalue weighted by Gasteiger charge is -2.44. The standard InChI is InChI=1S/C19H35NO/c1-14(2)16-7-8-19(21)18(11-16)13-20-10-9-15-5-3-4-6-17(15)12-20/h14-19,21H,3-13H2,1-2H3. The van der Waals surface area contributed by atoms with Crippen molar-refractivity contribution in [2.24, 2.45) is 29.6 Å². The van der Waals surface area contributed by atoms with E-state index in [1.165, 1.54) is 58.0 Å². The third-order valence-electron chi connectivity index (χ3n) is 6.79. The quantitative estimate of drug-likeness (QED) is 0.852. The summed E-state index contributed by atoms with van der Waals surface area (Å²) in [6.45, 7) is 8.48. The molecule has 2 heteroatoms. The molecule has 122 valence electrons. The maximum atomic E-state index is 10.4. The summed E-state index contributed by atoms with van der Waals surface area (Å²) in [5.41, 5.74) is 0. The number of nitrogens with zero attached hydrogens (tertiary/aromatic N) is 1. The van der Waals surface area contributed by atoms with E-state index in [2.05, 4.69) is 18.7 Å². The van der Waals surface area contributed by atoms with Crippen LogP contribution in [0.1, 0.15) is 65.2 Å². The number of aliphatic hydroxyl groups excluding tert-OH is 1. The molecule has 3 aliphatic rings. The summed E-state index contributed by atoms with van der Waals surface area (Å²) in [6.07, 6.45) is 10.8. The fraction of sp³-hybridized carbons (Fsp3) is 1.00. The van der Waals surface area contributed by atoms with Crippen LogP contribution < -0.4 is 0 Å². The molecular weight excluding hydrogens is 258 g/mol. The van der Waals surface area contributed by atoms with E-state index in [9.17, 15) is 5.11 Å². The Morgan fingerprint density at radius 1 is 1.00 bits per heavy atom. The zero-order chi connectivity index (χ0) is 14.8. The zero-order valence-electron chi connectivity index (χ0n) is 14.1. The molecule has 0 aromatic carbocycles. The molecule has 1 heterocycles. The van der Waals surface area contributed by atoms with Gasteiger partial charge in [-0.2, -0.15) is 0 Å². The van der Waals surface area contributed by atoms with Crippen LogP contribution in [-0.4, -0.2) is 35.7 Å². The Balaban J connectivity index is 1.53. The molecule has 3 fully saturated rings. The molecule has 2 nitrogen and oxygen atoms in total. The van der Waals surface area contributed by atoms with E-state index in [1.54, 1.807) is 0 Å². The number of likely N-dealkylation sites (tertiary alicyclic amines) is 1. The van der Waals surface area contributed by atoms with Gasteiger partial charge in [0.25, 0.3) is 0 Å². The molecule has 0 amide bonds. The first-order valence-corrected chi connectivity index (χ1v) is 9.54. The highest BCUT2D eigenvalue weighted by atomic mass is 16.3. The van der Waals surface area contributed by atoms with Crippen LogP contribution in [-0.2, 0) is 0 Å². The molecule has 5 atom stereocenters. The molecular formula is C19H35NO. The summed E-state index contributed by atoms with van der Waals surface area (Å²) in [5.74, 6) is 4.14. The van der Waals surface area contributed by atoms with Gasteiger partial charge in [-0.25, -0.2) is 0 Å². The third-order valence-corrected chi connectivity index (χ3v) is 6.79. The SMILES string of the molecule is CC(C)C1CCC(O)C(CN2CCC3CCCCC3C2)C1. The number of aliphatic hydroxyl groups is 1. The number of fused-ring (bicyclic) bond motifs is 1. The highest BCUT2D eigenvalue weighted by molar-refractivity contribution is 4.87. The predicted molar refractivity (Wildman–Crippen MR) is 88.2 cm³/mol. The highest BCUT2D eigenvalue weighted by Crippen LogP contribution is 2.38. The first kappa shape index (κ1) is 15.8. The second-order valence-corrected chi connectivity index (χ2v) is 8.50. The van der Waals surface area contributed by atoms with Crippen molar-refractivity contribution >= 4 is 0 Å². The zero-order valence-corrected chi connectivity index (χ0v) is 14.1. The summed E-state index contributed by atoms with van der Waals surface area (Å²) in [7, 11) is 0. The monoisotopic (exact) mass is 293 g/mol. The second kappa shape index (κ2) is 7.00. The molecule has 2 saturated carbocycles. The molecule has 0 radical (unpaired) electrons. The van der Waals surface area contributed by atoms with E-state index >= 15 is 0 Å². The fourth-order valence-corrected chi connectivity index (χ4v) is 5.26. The lowest BCUT2D eigenvalue weighted by atomic mass is 9.73. The minimum Gasteiger partial charge on any atom is -0.393 e. The van der Waals surface area contributed by atoms with Crippen LogP contribution in [0.3, 0.4) is 0 Å². The van der Waals surface area contributed by atoms with Gasteiger partial charge < -0.3 is 10.0 Å². The van der Waals surface area contributed by atoms with Gasteiger partial charge in [0.15, 0.2) is 0 Å². The van der Waals surface area contributed by atoms with Gasteiger partial charge in [0, 0.05) is 13.1 Å². The van der Waals surface area contributed by atoms with Gasteiger partial charge in [-0.3, -0.25) is 0 Å². The fourth-order valence-electron chi connectivity index (χ4n) is 5.26. The van der Waals surface area contributed by atoms with Crippen molar-refractivity contribution in [2.45, 2.75) is 71.3 Å². The summed E-state index contributed by atoms with van der Waals surface area (Å²) in [6, 6.07) is 0. The van der Waals surface area contributed by atoms with Gasteiger partial charge in [-0.15, -0.1) is 0 Å². The lowest BCUT2D eigenvalue weighted by molar-refractivity contribution is 0.000678. The van der Waals surface area contributed by atoms with Crippen molar-refractivity contribution in [1.82, 2.24) is 4.90 Å². The predicted octanol–water partition coefficient (Wildman–Crippen LogP) is 3.93. The minimum atomic E-state index is -0.0379. The number of hydrogen-bond acceptors (Lipinski definition) is 2. The average Bonchev–Trinajstić information content (AvgIpc) is 2.49. The Morgan fingerprint density at radius 3 is 2.52 bits per heavy atom. The molecule has 5 unspecified atom stereocenters. The Bertz CT molecular complexity index is 330. The van der Waals surface area contributed by atoms with Crippen molar-refractivity contribution in [1.29, 1.82) is 0 Å². The van der Waals surface area contributed by atoms with Crippen LogP contribution in [0.15, 0.2) is 0 Å². The van der Waals surface area contributed by atoms with Gasteiger partial charge in [0.2, 0.25) is 0 Å². The molecule has 1 saturated heterocycles. The highest BCUT2D eigenvalue weighted by Gasteiger charge is 2.35. The van der Waals surface area contributed by atoms with Crippen molar-refractivity contribution in [3.05, 3.63) is 0 Å². The molecule has 2 aliphatic carbocycles. The summed E-state index contributed by atoms with van der Waals surface area (Å²) < 4.78 is 0. The maximum Gasteiger partial charge on any atom is 0.0580 e. The topological polar surface area (TPSA) is 23.5 Å². The molecule has 3 rings (SSSR count). The van der Waals surface area contributed by atoms with E-state index < -0.39 is 0 Å². The first-order chi connectivity index (χ1) is 10.1. The molecule has 1 aliphatic heterocycles. The van der Waals surface area contributed by atoms with E-state index in [0.717, 1.165) is 36.6 Å². The molecule has 0 spiro atoms. The molecule has 1 N–H and O–H groups in total. The van der Waals surface area contributed by atoms with Gasteiger partial charge in [0.1, 0.15) is 0 Å². The van der Waals surface area contributed by atoms with Gasteiger partial charge in [-0.05, 0) is 68.2 Å². The van der Waals surface area contributed by atoms with Crippen molar-refractivity contribution in [3.8, 4) is 0 Å². The third kappa shape index (κ3) is 3.82. The molecule has 0 aromatic heterocycles. The second-order valence-electron chi connectivity index (χ2n) is 8.50. The van der Waals surface area contributed by atoms with Crippen LogP contribution in [0.5, 0.6) is 0 Å². The number of piperidine rings is 1. The van der Waals surface area contributed by atoms with Gasteiger partial charge in [-0.1, -0.05) is 33.1 Å². The normalized spacial score (nSPS) is 42.0. The molecule has 21 heavy (non-hydrogen) atoms. The van der Waals surface area contributed by atoms with Crippen LogP contribution in [0, 0.1) is 29.6 Å². The molecule has 0 aromatic rings. The van der Waals surface area contributed by atoms with E-state index in [-0.39, 0.29) is 6.10 Å². The van der Waals surface area contributed by atoms with Crippen molar-refractivity contribution < 1.29 is 5.11 Å². The summed E-state index contributed by atoms with van der Waals surface area (Å²) >= 11 is 0. The Morgan fingerprint density at radius 2 is 1.76 bits per heavy atom. The summed E-state index contributed by atoms with van der Waals surface area (Å²) in [5, 5.41) is 10.4. The summed E-state index contributed by atoms with van der Waals surface area (Å²) in [4.78, 5) is 2.70. The van der Waals surface area contributed by atoms with Gasteiger partial charge >= 0.3 is 0 Å². The van der Waals surface area contributed by atoms with Crippen LogP contribution >= 0.6 is 0 Å². The van der Waals surface area contributed by atoms with E-state index in [1.807, 2.05) is 0 Å².